The molecule has 2 aliphatic heterocycles. The predicted molar refractivity (Wildman–Crippen MR) is 193 cm³/mol. The van der Waals surface area contributed by atoms with Crippen molar-refractivity contribution in [3.8, 4) is 17.2 Å². The third kappa shape index (κ3) is 8.04. The lowest BCUT2D eigenvalue weighted by molar-refractivity contribution is -0.137. The number of carbonyl (C=O) groups is 4. The number of allylic oxidation sites excluding steroid dienone is 1. The second kappa shape index (κ2) is 15.6. The Labute approximate surface area is 295 Å². The molecule has 4 aromatic carbocycles. The van der Waals surface area contributed by atoms with Crippen molar-refractivity contribution in [1.82, 2.24) is 15.5 Å². The highest BCUT2D eigenvalue weighted by molar-refractivity contribution is 6.06. The highest BCUT2D eigenvalue weighted by Crippen LogP contribution is 2.36. The number of rotatable bonds is 13. The number of nitrogens with zero attached hydrogens (tertiary/aromatic N) is 1. The van der Waals surface area contributed by atoms with E-state index in [1.165, 1.54) is 4.90 Å². The van der Waals surface area contributed by atoms with E-state index in [9.17, 15) is 29.4 Å². The molecule has 2 heterocycles. The van der Waals surface area contributed by atoms with Crippen LogP contribution in [0, 0.1) is 0 Å². The van der Waals surface area contributed by atoms with Crippen molar-refractivity contribution in [1.29, 1.82) is 0 Å². The Bertz CT molecular complexity index is 1950. The number of aromatic hydroxyl groups is 2. The maximum atomic E-state index is 13.1. The van der Waals surface area contributed by atoms with E-state index >= 15 is 0 Å². The molecule has 0 radical (unpaired) electrons. The summed E-state index contributed by atoms with van der Waals surface area (Å²) < 4.78 is 5.91. The van der Waals surface area contributed by atoms with E-state index in [0.717, 1.165) is 45.5 Å². The molecule has 262 valence electrons. The molecule has 5 N–H and O–H groups in total. The number of amides is 4. The molecule has 1 atom stereocenters. The predicted octanol–water partition coefficient (Wildman–Crippen LogP) is 5.23. The largest absolute Gasteiger partial charge is 0.508 e. The van der Waals surface area contributed by atoms with Crippen LogP contribution in [0.4, 0.5) is 5.69 Å². The number of fused-ring (bicyclic) bond motifs is 1. The molecular formula is C40H40N4O7. The van der Waals surface area contributed by atoms with Crippen LogP contribution in [0.2, 0.25) is 0 Å². The molecule has 1 unspecified atom stereocenters. The quantitative estimate of drug-likeness (QED) is 0.0727. The zero-order chi connectivity index (χ0) is 35.9. The summed E-state index contributed by atoms with van der Waals surface area (Å²) in [5.74, 6) is -0.143. The number of benzene rings is 4. The first kappa shape index (κ1) is 34.8. The van der Waals surface area contributed by atoms with Crippen molar-refractivity contribution in [2.45, 2.75) is 45.2 Å². The summed E-state index contributed by atoms with van der Waals surface area (Å²) in [6.45, 7) is 3.27. The number of anilines is 1. The third-order valence-corrected chi connectivity index (χ3v) is 9.11. The molecule has 0 spiro atoms. The molecular weight excluding hydrogens is 648 g/mol. The Balaban J connectivity index is 1.00. The van der Waals surface area contributed by atoms with Crippen LogP contribution in [-0.4, -0.2) is 64.5 Å². The minimum absolute atomic E-state index is 0.153. The number of piperidine rings is 1. The zero-order valence-corrected chi connectivity index (χ0v) is 28.3. The molecule has 0 aliphatic carbocycles. The molecule has 0 saturated carbocycles. The lowest BCUT2D eigenvalue weighted by Crippen LogP contribution is -2.52. The second-order valence-corrected chi connectivity index (χ2v) is 12.4. The van der Waals surface area contributed by atoms with Crippen molar-refractivity contribution in [3.63, 3.8) is 0 Å². The van der Waals surface area contributed by atoms with Crippen LogP contribution in [0.5, 0.6) is 17.2 Å². The van der Waals surface area contributed by atoms with Gasteiger partial charge in [0.25, 0.3) is 5.91 Å². The molecule has 4 aromatic rings. The second-order valence-electron chi connectivity index (χ2n) is 12.4. The number of ether oxygens (including phenoxy) is 1. The summed E-state index contributed by atoms with van der Waals surface area (Å²) in [5.41, 5.74) is 7.01. The molecule has 11 heteroatoms. The van der Waals surface area contributed by atoms with Crippen molar-refractivity contribution in [2.75, 3.05) is 25.0 Å². The van der Waals surface area contributed by atoms with Crippen molar-refractivity contribution < 1.29 is 34.1 Å². The summed E-state index contributed by atoms with van der Waals surface area (Å²) in [7, 11) is 0. The van der Waals surface area contributed by atoms with Gasteiger partial charge < -0.3 is 30.5 Å². The van der Waals surface area contributed by atoms with Gasteiger partial charge in [-0.2, -0.15) is 0 Å². The van der Waals surface area contributed by atoms with E-state index in [4.69, 9.17) is 4.74 Å². The Morgan fingerprint density at radius 1 is 0.863 bits per heavy atom. The Kier molecular flexibility index (Phi) is 10.6. The minimum atomic E-state index is -0.688. The topological polar surface area (TPSA) is 157 Å². The molecule has 6 rings (SSSR count). The van der Waals surface area contributed by atoms with Gasteiger partial charge >= 0.3 is 0 Å². The van der Waals surface area contributed by atoms with Crippen LogP contribution < -0.4 is 20.7 Å². The number of nitrogens with one attached hydrogen (secondary N) is 3. The number of hydrogen-bond donors (Lipinski definition) is 5. The summed E-state index contributed by atoms with van der Waals surface area (Å²) >= 11 is 0. The monoisotopic (exact) mass is 688 g/mol. The maximum absolute atomic E-state index is 13.1. The first-order valence-electron chi connectivity index (χ1n) is 17.0. The van der Waals surface area contributed by atoms with Crippen LogP contribution in [0.15, 0.2) is 91.0 Å². The molecule has 0 bridgehead atoms. The number of phenolic OH excluding ortho intramolecular Hbond substituents is 2. The van der Waals surface area contributed by atoms with Crippen LogP contribution in [0.25, 0.3) is 11.1 Å². The van der Waals surface area contributed by atoms with Crippen molar-refractivity contribution in [2.24, 2.45) is 0 Å². The molecule has 11 nitrogen and oxygen atoms in total. The minimum Gasteiger partial charge on any atom is -0.508 e. The van der Waals surface area contributed by atoms with Crippen molar-refractivity contribution >= 4 is 40.5 Å². The maximum Gasteiger partial charge on any atom is 0.255 e. The smallest absolute Gasteiger partial charge is 0.255 e. The van der Waals surface area contributed by atoms with Gasteiger partial charge in [0.1, 0.15) is 29.9 Å². The SMILES string of the molecule is CCC(=C(c1ccc(O)cc1)c1ccc(OCCNC(=O)CCNc2cccc3c2CN(C2CCC(=O)NC2=O)C3=O)cc1)c1ccc(O)cc1. The van der Waals surface area contributed by atoms with E-state index in [-0.39, 0.29) is 55.2 Å². The highest BCUT2D eigenvalue weighted by Gasteiger charge is 2.39. The van der Waals surface area contributed by atoms with Gasteiger partial charge in [0, 0.05) is 42.7 Å². The van der Waals surface area contributed by atoms with Gasteiger partial charge in [-0.15, -0.1) is 0 Å². The van der Waals surface area contributed by atoms with Crippen LogP contribution in [0.1, 0.15) is 65.2 Å². The summed E-state index contributed by atoms with van der Waals surface area (Å²) in [6, 6.07) is 26.6. The highest BCUT2D eigenvalue weighted by atomic mass is 16.5. The number of carbonyl (C=O) groups excluding carboxylic acids is 4. The Hall–Kier alpha value is -6.10. The third-order valence-electron chi connectivity index (χ3n) is 9.11. The van der Waals surface area contributed by atoms with Gasteiger partial charge in [0.2, 0.25) is 17.7 Å². The first-order valence-corrected chi connectivity index (χ1v) is 17.0. The van der Waals surface area contributed by atoms with Crippen molar-refractivity contribution in [3.05, 3.63) is 119 Å². The van der Waals surface area contributed by atoms with E-state index in [0.29, 0.717) is 30.8 Å². The molecule has 4 amide bonds. The fraction of sp³-hybridized carbons (Fsp3) is 0.250. The number of phenols is 2. The van der Waals surface area contributed by atoms with E-state index in [2.05, 4.69) is 22.9 Å². The van der Waals surface area contributed by atoms with E-state index in [1.54, 1.807) is 36.4 Å². The zero-order valence-electron chi connectivity index (χ0n) is 28.3. The van der Waals surface area contributed by atoms with Crippen LogP contribution >= 0.6 is 0 Å². The normalized spacial score (nSPS) is 15.9. The van der Waals surface area contributed by atoms with Gasteiger partial charge in [-0.05, 0) is 89.2 Å². The van der Waals surface area contributed by atoms with Crippen LogP contribution in [-0.2, 0) is 20.9 Å². The molecule has 51 heavy (non-hydrogen) atoms. The first-order chi connectivity index (χ1) is 24.7. The van der Waals surface area contributed by atoms with Gasteiger partial charge in [-0.1, -0.05) is 49.4 Å². The fourth-order valence-electron chi connectivity index (χ4n) is 6.56. The molecule has 2 aliphatic rings. The Morgan fingerprint density at radius 2 is 1.51 bits per heavy atom. The Morgan fingerprint density at radius 3 is 2.16 bits per heavy atom. The fourth-order valence-corrected chi connectivity index (χ4v) is 6.56. The van der Waals surface area contributed by atoms with Crippen LogP contribution in [0.3, 0.4) is 0 Å². The van der Waals surface area contributed by atoms with E-state index < -0.39 is 11.9 Å². The lowest BCUT2D eigenvalue weighted by atomic mass is 9.88. The average molecular weight is 689 g/mol. The number of imide groups is 1. The standard InChI is InChI=1S/C40H40N4O7/c1-2-31(25-6-12-28(45)13-7-25)38(26-8-14-29(46)15-9-26)27-10-16-30(17-11-27)51-23-22-42-36(47)20-21-41-34-5-3-4-32-33(34)24-44(40(32)50)35-18-19-37(48)43-39(35)49/h3-17,35,41,45-46H,2,18-24H2,1H3,(H,42,47)(H,43,48,49). The van der Waals surface area contributed by atoms with Gasteiger partial charge in [-0.25, -0.2) is 0 Å². The average Bonchev–Trinajstić information content (AvgIpc) is 3.47. The van der Waals surface area contributed by atoms with Gasteiger partial charge in [-0.3, -0.25) is 24.5 Å². The summed E-state index contributed by atoms with van der Waals surface area (Å²) in [5, 5.41) is 28.2. The number of hydrogen-bond acceptors (Lipinski definition) is 8. The molecule has 1 saturated heterocycles. The lowest BCUT2D eigenvalue weighted by Gasteiger charge is -2.29. The van der Waals surface area contributed by atoms with Gasteiger partial charge in [0.05, 0.1) is 6.54 Å². The molecule has 1 fully saturated rings. The molecule has 0 aromatic heterocycles. The summed E-state index contributed by atoms with van der Waals surface area (Å²) in [6.07, 6.45) is 1.43. The van der Waals surface area contributed by atoms with E-state index in [1.807, 2.05) is 54.6 Å². The summed E-state index contributed by atoms with van der Waals surface area (Å²) in [4.78, 5) is 51.1. The van der Waals surface area contributed by atoms with Gasteiger partial charge in [0.15, 0.2) is 0 Å².